The quantitative estimate of drug-likeness (QED) is 0.780. The SMILES string of the molecule is COc1ccc(Cl)cc1N=C1NC(=O)C[C@H](C(=O)Nc2cc(C)cc(C)c2)S1. The molecular weight excluding hydrogens is 398 g/mol. The van der Waals surface area contributed by atoms with Gasteiger partial charge in [0.1, 0.15) is 16.7 Å². The van der Waals surface area contributed by atoms with Crippen molar-refractivity contribution in [1.29, 1.82) is 0 Å². The van der Waals surface area contributed by atoms with E-state index < -0.39 is 5.25 Å². The number of rotatable bonds is 4. The number of carbonyl (C=O) groups is 2. The molecule has 0 saturated carbocycles. The number of hydrogen-bond donors (Lipinski definition) is 2. The molecule has 8 heteroatoms. The van der Waals surface area contributed by atoms with Gasteiger partial charge in [-0.05, 0) is 55.3 Å². The largest absolute Gasteiger partial charge is 0.494 e. The zero-order chi connectivity index (χ0) is 20.3. The topological polar surface area (TPSA) is 79.8 Å². The molecule has 0 bridgehead atoms. The molecule has 1 atom stereocenters. The lowest BCUT2D eigenvalue weighted by Crippen LogP contribution is -2.41. The minimum absolute atomic E-state index is 0.0764. The molecule has 146 valence electrons. The van der Waals surface area contributed by atoms with Crippen molar-refractivity contribution in [2.45, 2.75) is 25.5 Å². The number of carbonyl (C=O) groups excluding carboxylic acids is 2. The number of hydrogen-bond acceptors (Lipinski definition) is 5. The van der Waals surface area contributed by atoms with Gasteiger partial charge in [-0.2, -0.15) is 0 Å². The predicted octanol–water partition coefficient (Wildman–Crippen LogP) is 4.21. The summed E-state index contributed by atoms with van der Waals surface area (Å²) in [5.74, 6) is 0.0169. The third kappa shape index (κ3) is 5.05. The van der Waals surface area contributed by atoms with Gasteiger partial charge in [-0.3, -0.25) is 9.59 Å². The normalized spacial score (nSPS) is 17.9. The minimum atomic E-state index is -0.585. The number of thioether (sulfide) groups is 1. The standard InChI is InChI=1S/C20H20ClN3O3S/c1-11-6-12(2)8-14(7-11)22-19(26)17-10-18(25)24-20(28-17)23-15-9-13(21)4-5-16(15)27-3/h4-9,17H,10H2,1-3H3,(H,22,26)(H,23,24,25)/t17-/m1/s1. The van der Waals surface area contributed by atoms with Crippen molar-refractivity contribution >= 4 is 51.7 Å². The number of amides is 2. The number of aliphatic imine (C=N–C) groups is 1. The summed E-state index contributed by atoms with van der Waals surface area (Å²) in [5, 5.41) is 5.83. The number of methoxy groups -OCH3 is 1. The smallest absolute Gasteiger partial charge is 0.238 e. The number of ether oxygens (including phenoxy) is 1. The maximum absolute atomic E-state index is 12.7. The van der Waals surface area contributed by atoms with Crippen LogP contribution in [-0.2, 0) is 9.59 Å². The van der Waals surface area contributed by atoms with Crippen LogP contribution in [0, 0.1) is 13.8 Å². The molecule has 3 rings (SSSR count). The van der Waals surface area contributed by atoms with Crippen LogP contribution in [0.15, 0.2) is 41.4 Å². The summed E-state index contributed by atoms with van der Waals surface area (Å²) in [5.41, 5.74) is 3.30. The van der Waals surface area contributed by atoms with Crippen LogP contribution in [0.25, 0.3) is 0 Å². The molecule has 6 nitrogen and oxygen atoms in total. The van der Waals surface area contributed by atoms with Crippen LogP contribution < -0.4 is 15.4 Å². The molecule has 28 heavy (non-hydrogen) atoms. The van der Waals surface area contributed by atoms with Crippen molar-refractivity contribution in [1.82, 2.24) is 5.32 Å². The highest BCUT2D eigenvalue weighted by Crippen LogP contribution is 2.33. The Bertz CT molecular complexity index is 941. The molecule has 1 fully saturated rings. The highest BCUT2D eigenvalue weighted by Gasteiger charge is 2.30. The van der Waals surface area contributed by atoms with Gasteiger partial charge in [0.2, 0.25) is 11.8 Å². The van der Waals surface area contributed by atoms with Gasteiger partial charge in [0.05, 0.1) is 7.11 Å². The van der Waals surface area contributed by atoms with E-state index in [4.69, 9.17) is 16.3 Å². The fourth-order valence-corrected chi connectivity index (χ4v) is 4.03. The molecule has 1 aliphatic heterocycles. The van der Waals surface area contributed by atoms with Crippen molar-refractivity contribution in [3.05, 3.63) is 52.5 Å². The highest BCUT2D eigenvalue weighted by atomic mass is 35.5. The van der Waals surface area contributed by atoms with E-state index in [1.165, 1.54) is 18.9 Å². The van der Waals surface area contributed by atoms with Gasteiger partial charge in [-0.15, -0.1) is 0 Å². The van der Waals surface area contributed by atoms with E-state index in [2.05, 4.69) is 15.6 Å². The van der Waals surface area contributed by atoms with Crippen molar-refractivity contribution in [2.24, 2.45) is 4.99 Å². The van der Waals surface area contributed by atoms with Crippen molar-refractivity contribution in [2.75, 3.05) is 12.4 Å². The van der Waals surface area contributed by atoms with Gasteiger partial charge in [0, 0.05) is 17.1 Å². The van der Waals surface area contributed by atoms with E-state index in [0.717, 1.165) is 11.1 Å². The second kappa shape index (κ2) is 8.67. The second-order valence-corrected chi connectivity index (χ2v) is 8.09. The van der Waals surface area contributed by atoms with E-state index >= 15 is 0 Å². The summed E-state index contributed by atoms with van der Waals surface area (Å²) in [6.45, 7) is 3.93. The fourth-order valence-electron chi connectivity index (χ4n) is 2.87. The molecule has 0 radical (unpaired) electrons. The first-order valence-corrected chi connectivity index (χ1v) is 9.87. The van der Waals surface area contributed by atoms with E-state index in [-0.39, 0.29) is 18.2 Å². The molecule has 1 saturated heterocycles. The highest BCUT2D eigenvalue weighted by molar-refractivity contribution is 8.15. The van der Waals surface area contributed by atoms with Crippen molar-refractivity contribution in [3.63, 3.8) is 0 Å². The van der Waals surface area contributed by atoms with Gasteiger partial charge in [-0.1, -0.05) is 29.4 Å². The number of nitrogens with one attached hydrogen (secondary N) is 2. The number of amidine groups is 1. The van der Waals surface area contributed by atoms with Gasteiger partial charge < -0.3 is 15.4 Å². The minimum Gasteiger partial charge on any atom is -0.494 e. The number of halogens is 1. The van der Waals surface area contributed by atoms with Gasteiger partial charge in [0.15, 0.2) is 5.17 Å². The molecule has 0 aliphatic carbocycles. The van der Waals surface area contributed by atoms with Crippen LogP contribution in [-0.4, -0.2) is 29.3 Å². The van der Waals surface area contributed by atoms with Crippen LogP contribution >= 0.6 is 23.4 Å². The molecule has 1 aliphatic rings. The van der Waals surface area contributed by atoms with E-state index in [1.807, 2.05) is 32.0 Å². The van der Waals surface area contributed by atoms with Gasteiger partial charge in [-0.25, -0.2) is 4.99 Å². The van der Waals surface area contributed by atoms with Crippen molar-refractivity contribution in [3.8, 4) is 5.75 Å². The number of nitrogens with zero attached hydrogens (tertiary/aromatic N) is 1. The molecule has 2 aromatic rings. The first-order chi connectivity index (χ1) is 13.3. The molecule has 0 aromatic heterocycles. The second-order valence-electron chi connectivity index (χ2n) is 6.46. The number of aryl methyl sites for hydroxylation is 2. The Labute approximate surface area is 172 Å². The summed E-state index contributed by atoms with van der Waals surface area (Å²) in [6, 6.07) is 10.8. The summed E-state index contributed by atoms with van der Waals surface area (Å²) < 4.78 is 5.28. The third-order valence-corrected chi connectivity index (χ3v) is 5.33. The Morgan fingerprint density at radius 3 is 2.64 bits per heavy atom. The average molecular weight is 418 g/mol. The molecular formula is C20H20ClN3O3S. The summed E-state index contributed by atoms with van der Waals surface area (Å²) >= 11 is 7.23. The van der Waals surface area contributed by atoms with Crippen LogP contribution in [0.2, 0.25) is 5.02 Å². The Hall–Kier alpha value is -2.51. The lowest BCUT2D eigenvalue weighted by atomic mass is 10.1. The molecule has 2 amide bonds. The van der Waals surface area contributed by atoms with Crippen LogP contribution in [0.3, 0.4) is 0 Å². The molecule has 1 heterocycles. The average Bonchev–Trinajstić information content (AvgIpc) is 2.60. The molecule has 2 N–H and O–H groups in total. The molecule has 0 spiro atoms. The Balaban J connectivity index is 1.79. The van der Waals surface area contributed by atoms with E-state index in [9.17, 15) is 9.59 Å². The lowest BCUT2D eigenvalue weighted by molar-refractivity contribution is -0.123. The maximum atomic E-state index is 12.7. The summed E-state index contributed by atoms with van der Waals surface area (Å²) in [7, 11) is 1.53. The van der Waals surface area contributed by atoms with Crippen LogP contribution in [0.1, 0.15) is 17.5 Å². The van der Waals surface area contributed by atoms with Crippen LogP contribution in [0.4, 0.5) is 11.4 Å². The first-order valence-electron chi connectivity index (χ1n) is 8.62. The van der Waals surface area contributed by atoms with Gasteiger partial charge >= 0.3 is 0 Å². The van der Waals surface area contributed by atoms with Crippen molar-refractivity contribution < 1.29 is 14.3 Å². The fraction of sp³-hybridized carbons (Fsp3) is 0.250. The zero-order valence-corrected chi connectivity index (χ0v) is 17.3. The summed E-state index contributed by atoms with van der Waals surface area (Å²) in [4.78, 5) is 29.2. The Morgan fingerprint density at radius 1 is 1.25 bits per heavy atom. The number of benzene rings is 2. The maximum Gasteiger partial charge on any atom is 0.238 e. The predicted molar refractivity (Wildman–Crippen MR) is 114 cm³/mol. The summed E-state index contributed by atoms with van der Waals surface area (Å²) in [6.07, 6.45) is 0.0764. The number of anilines is 1. The van der Waals surface area contributed by atoms with Crippen LogP contribution in [0.5, 0.6) is 5.75 Å². The zero-order valence-electron chi connectivity index (χ0n) is 15.7. The monoisotopic (exact) mass is 417 g/mol. The molecule has 0 unspecified atom stereocenters. The van der Waals surface area contributed by atoms with E-state index in [0.29, 0.717) is 27.3 Å². The van der Waals surface area contributed by atoms with E-state index in [1.54, 1.807) is 18.2 Å². The van der Waals surface area contributed by atoms with Gasteiger partial charge in [0.25, 0.3) is 0 Å². The Morgan fingerprint density at radius 2 is 1.96 bits per heavy atom. The Kier molecular flexibility index (Phi) is 6.26. The lowest BCUT2D eigenvalue weighted by Gasteiger charge is -2.22. The first kappa shape index (κ1) is 20.2. The third-order valence-electron chi connectivity index (χ3n) is 4.02. The molecule has 2 aromatic carbocycles.